The Hall–Kier alpha value is -3.07. The van der Waals surface area contributed by atoms with Gasteiger partial charge in [-0.15, -0.1) is 10.2 Å². The van der Waals surface area contributed by atoms with Gasteiger partial charge in [-0.2, -0.15) is 0 Å². The van der Waals surface area contributed by atoms with Crippen molar-refractivity contribution in [1.82, 2.24) is 25.1 Å². The summed E-state index contributed by atoms with van der Waals surface area (Å²) in [6.45, 7) is 4.97. The van der Waals surface area contributed by atoms with E-state index >= 15 is 0 Å². The number of nitrogens with one attached hydrogen (secondary N) is 1. The maximum atomic E-state index is 12.6. The number of hydrogen-bond donors (Lipinski definition) is 1. The number of aromatic nitrogens is 4. The van der Waals surface area contributed by atoms with Crippen LogP contribution in [0.25, 0.3) is 11.4 Å². The number of amides is 1. The van der Waals surface area contributed by atoms with Crippen LogP contribution in [-0.4, -0.2) is 44.1 Å². The molecule has 2 aliphatic rings. The minimum absolute atomic E-state index is 0.0643. The summed E-state index contributed by atoms with van der Waals surface area (Å²) in [5.74, 6) is 2.69. The van der Waals surface area contributed by atoms with Crippen LogP contribution in [0.15, 0.2) is 41.8 Å². The first-order valence-electron chi connectivity index (χ1n) is 11.3. The summed E-state index contributed by atoms with van der Waals surface area (Å²) >= 11 is 1.41. The van der Waals surface area contributed by atoms with E-state index in [1.54, 1.807) is 12.4 Å². The highest BCUT2D eigenvalue weighted by Gasteiger charge is 2.30. The van der Waals surface area contributed by atoms with Crippen LogP contribution >= 0.6 is 11.8 Å². The molecular weight excluding hydrogens is 438 g/mol. The number of rotatable bonds is 9. The summed E-state index contributed by atoms with van der Waals surface area (Å²) in [4.78, 5) is 16.8. The largest absolute Gasteiger partial charge is 0.494 e. The third-order valence-corrected chi connectivity index (χ3v) is 6.63. The predicted molar refractivity (Wildman–Crippen MR) is 125 cm³/mol. The fraction of sp³-hybridized carbons (Fsp3) is 0.417. The molecule has 0 spiro atoms. The van der Waals surface area contributed by atoms with Crippen molar-refractivity contribution in [1.29, 1.82) is 0 Å². The Kier molecular flexibility index (Phi) is 6.22. The lowest BCUT2D eigenvalue weighted by Crippen LogP contribution is -2.25. The van der Waals surface area contributed by atoms with E-state index in [2.05, 4.69) is 32.0 Å². The molecule has 172 valence electrons. The number of thioether (sulfide) groups is 1. The monoisotopic (exact) mass is 465 g/mol. The van der Waals surface area contributed by atoms with E-state index in [9.17, 15) is 4.79 Å². The molecule has 9 heteroatoms. The first-order valence-corrected chi connectivity index (χ1v) is 12.3. The van der Waals surface area contributed by atoms with Crippen LogP contribution in [0.4, 0.5) is 0 Å². The average Bonchev–Trinajstić information content (AvgIpc) is 3.46. The smallest absolute Gasteiger partial charge is 0.230 e. The molecule has 0 saturated heterocycles. The number of nitrogens with zero attached hydrogens (tertiary/aromatic N) is 4. The number of carbonyl (C=O) groups is 1. The molecule has 0 unspecified atom stereocenters. The molecule has 3 aromatic rings. The Labute approximate surface area is 197 Å². The summed E-state index contributed by atoms with van der Waals surface area (Å²) in [6.07, 6.45) is 6.78. The third-order valence-electron chi connectivity index (χ3n) is 5.68. The van der Waals surface area contributed by atoms with Crippen LogP contribution in [0.2, 0.25) is 0 Å². The van der Waals surface area contributed by atoms with Crippen LogP contribution in [-0.2, 0) is 17.8 Å². The van der Waals surface area contributed by atoms with Gasteiger partial charge in [0.05, 0.1) is 12.4 Å². The van der Waals surface area contributed by atoms with Crippen molar-refractivity contribution in [3.05, 3.63) is 47.8 Å². The van der Waals surface area contributed by atoms with Crippen molar-refractivity contribution >= 4 is 17.7 Å². The van der Waals surface area contributed by atoms with E-state index in [1.165, 1.54) is 11.8 Å². The highest BCUT2D eigenvalue weighted by Crippen LogP contribution is 2.41. The van der Waals surface area contributed by atoms with Gasteiger partial charge in [0.1, 0.15) is 17.6 Å². The highest BCUT2D eigenvalue weighted by molar-refractivity contribution is 7.99. The van der Waals surface area contributed by atoms with Crippen LogP contribution in [0.1, 0.15) is 43.9 Å². The molecule has 33 heavy (non-hydrogen) atoms. The fourth-order valence-electron chi connectivity index (χ4n) is 4.01. The number of fused-ring (bicyclic) bond motifs is 1. The lowest BCUT2D eigenvalue weighted by Gasteiger charge is -2.13. The predicted octanol–water partition coefficient (Wildman–Crippen LogP) is 3.81. The van der Waals surface area contributed by atoms with Crippen molar-refractivity contribution in [3.63, 3.8) is 0 Å². The highest BCUT2D eigenvalue weighted by atomic mass is 32.2. The summed E-state index contributed by atoms with van der Waals surface area (Å²) < 4.78 is 13.8. The minimum Gasteiger partial charge on any atom is -0.494 e. The first-order chi connectivity index (χ1) is 16.1. The van der Waals surface area contributed by atoms with Crippen molar-refractivity contribution in [3.8, 4) is 22.9 Å². The SMILES string of the molecule is CCOc1cc2c(cc1CNC(=O)CSc1nnc(-c3cccnc3)n1C1CC1)O[C@H](C)C2. The van der Waals surface area contributed by atoms with E-state index in [1.807, 2.05) is 31.2 Å². The zero-order valence-corrected chi connectivity index (χ0v) is 19.6. The Bertz CT molecular complexity index is 1150. The van der Waals surface area contributed by atoms with E-state index in [-0.39, 0.29) is 17.8 Å². The van der Waals surface area contributed by atoms with Gasteiger partial charge in [-0.25, -0.2) is 0 Å². The molecule has 1 amide bonds. The normalized spacial score (nSPS) is 16.8. The van der Waals surface area contributed by atoms with Crippen LogP contribution < -0.4 is 14.8 Å². The number of pyridine rings is 1. The lowest BCUT2D eigenvalue weighted by molar-refractivity contribution is -0.118. The van der Waals surface area contributed by atoms with Gasteiger partial charge in [0.2, 0.25) is 5.91 Å². The second-order valence-corrected chi connectivity index (χ2v) is 9.29. The van der Waals surface area contributed by atoms with Gasteiger partial charge in [-0.1, -0.05) is 11.8 Å². The molecule has 1 saturated carbocycles. The zero-order chi connectivity index (χ0) is 22.8. The van der Waals surface area contributed by atoms with Crippen molar-refractivity contribution in [2.45, 2.75) is 57.0 Å². The Balaban J connectivity index is 1.23. The number of hydrogen-bond acceptors (Lipinski definition) is 7. The Morgan fingerprint density at radius 3 is 2.97 bits per heavy atom. The third kappa shape index (κ3) is 4.83. The summed E-state index contributed by atoms with van der Waals surface area (Å²) in [7, 11) is 0. The standard InChI is InChI=1S/C24H27N5O3S/c1-3-31-20-10-17-9-15(2)32-21(17)11-18(20)13-26-22(30)14-33-24-28-27-23(29(24)19-6-7-19)16-5-4-8-25-12-16/h4-5,8,10-12,15,19H,3,6-7,9,13-14H2,1-2H3,(H,26,30)/t15-/m1/s1. The van der Waals surface area contributed by atoms with Gasteiger partial charge >= 0.3 is 0 Å². The molecule has 1 atom stereocenters. The van der Waals surface area contributed by atoms with Crippen LogP contribution in [0.3, 0.4) is 0 Å². The Morgan fingerprint density at radius 2 is 2.21 bits per heavy atom. The minimum atomic E-state index is -0.0643. The maximum absolute atomic E-state index is 12.6. The summed E-state index contributed by atoms with van der Waals surface area (Å²) in [6, 6.07) is 8.29. The van der Waals surface area contributed by atoms with E-state index < -0.39 is 0 Å². The van der Waals surface area contributed by atoms with E-state index in [4.69, 9.17) is 9.47 Å². The van der Waals surface area contributed by atoms with E-state index in [0.717, 1.165) is 58.4 Å². The van der Waals surface area contributed by atoms with Gasteiger partial charge < -0.3 is 14.8 Å². The van der Waals surface area contributed by atoms with E-state index in [0.29, 0.717) is 19.2 Å². The summed E-state index contributed by atoms with van der Waals surface area (Å²) in [5.41, 5.74) is 3.01. The van der Waals surface area contributed by atoms with Gasteiger partial charge in [0.15, 0.2) is 11.0 Å². The fourth-order valence-corrected chi connectivity index (χ4v) is 4.85. The molecular formula is C24H27N5O3S. The molecule has 2 aromatic heterocycles. The molecule has 1 N–H and O–H groups in total. The molecule has 1 aromatic carbocycles. The quantitative estimate of drug-likeness (QED) is 0.481. The topological polar surface area (TPSA) is 91.2 Å². The zero-order valence-electron chi connectivity index (χ0n) is 18.8. The van der Waals surface area contributed by atoms with Crippen molar-refractivity contribution < 1.29 is 14.3 Å². The lowest BCUT2D eigenvalue weighted by atomic mass is 10.1. The number of benzene rings is 1. The van der Waals surface area contributed by atoms with Gasteiger partial charge in [0, 0.05) is 48.1 Å². The second-order valence-electron chi connectivity index (χ2n) is 8.35. The first kappa shape index (κ1) is 21.8. The molecule has 8 nitrogen and oxygen atoms in total. The molecule has 0 bridgehead atoms. The number of carbonyl (C=O) groups excluding carboxylic acids is 1. The number of ether oxygens (including phenoxy) is 2. The van der Waals surface area contributed by atoms with Crippen LogP contribution in [0, 0.1) is 0 Å². The van der Waals surface area contributed by atoms with Gasteiger partial charge in [-0.3, -0.25) is 14.3 Å². The Morgan fingerprint density at radius 1 is 1.33 bits per heavy atom. The van der Waals surface area contributed by atoms with Gasteiger partial charge in [0.25, 0.3) is 0 Å². The van der Waals surface area contributed by atoms with Crippen LogP contribution in [0.5, 0.6) is 11.5 Å². The second kappa shape index (κ2) is 9.43. The van der Waals surface area contributed by atoms with Crippen molar-refractivity contribution in [2.75, 3.05) is 12.4 Å². The summed E-state index contributed by atoms with van der Waals surface area (Å²) in [5, 5.41) is 12.5. The molecule has 0 radical (unpaired) electrons. The molecule has 1 aliphatic heterocycles. The van der Waals surface area contributed by atoms with Crippen molar-refractivity contribution in [2.24, 2.45) is 0 Å². The molecule has 3 heterocycles. The molecule has 1 fully saturated rings. The van der Waals surface area contributed by atoms with Gasteiger partial charge in [-0.05, 0) is 51.0 Å². The molecule has 1 aliphatic carbocycles. The maximum Gasteiger partial charge on any atom is 0.230 e. The average molecular weight is 466 g/mol. The molecule has 5 rings (SSSR count).